The number of hydrogen-bond acceptors (Lipinski definition) is 5. The van der Waals surface area contributed by atoms with Gasteiger partial charge in [-0.1, -0.05) is 12.1 Å². The normalized spacial score (nSPS) is 18.5. The molecule has 1 amide bonds. The van der Waals surface area contributed by atoms with E-state index < -0.39 is 0 Å². The number of imidazole rings is 1. The van der Waals surface area contributed by atoms with Gasteiger partial charge in [-0.2, -0.15) is 0 Å². The Kier molecular flexibility index (Phi) is 4.82. The van der Waals surface area contributed by atoms with Gasteiger partial charge in [0, 0.05) is 31.2 Å². The fraction of sp³-hybridized carbons (Fsp3) is 0.217. The summed E-state index contributed by atoms with van der Waals surface area (Å²) in [5.74, 6) is 0.240. The Morgan fingerprint density at radius 2 is 2.03 bits per heavy atom. The summed E-state index contributed by atoms with van der Waals surface area (Å²) in [6.07, 6.45) is 5.74. The largest absolute Gasteiger partial charge is 0.346 e. The van der Waals surface area contributed by atoms with Crippen molar-refractivity contribution in [1.29, 1.82) is 0 Å². The van der Waals surface area contributed by atoms with Gasteiger partial charge in [-0.3, -0.25) is 9.78 Å². The fourth-order valence-electron chi connectivity index (χ4n) is 4.10. The Labute approximate surface area is 178 Å². The van der Waals surface area contributed by atoms with Crippen molar-refractivity contribution in [2.75, 3.05) is 11.4 Å². The first-order valence-electron chi connectivity index (χ1n) is 10.1. The first kappa shape index (κ1) is 19.2. The number of amides is 1. The molecule has 0 spiro atoms. The number of rotatable bonds is 4. The second-order valence-corrected chi connectivity index (χ2v) is 7.77. The van der Waals surface area contributed by atoms with E-state index in [1.165, 1.54) is 6.07 Å². The maximum absolute atomic E-state index is 14.0. The third-order valence-corrected chi connectivity index (χ3v) is 5.55. The Morgan fingerprint density at radius 1 is 1.13 bits per heavy atom. The zero-order chi connectivity index (χ0) is 21.4. The summed E-state index contributed by atoms with van der Waals surface area (Å²) >= 11 is 0. The average Bonchev–Trinajstić information content (AvgIpc) is 3.40. The van der Waals surface area contributed by atoms with Crippen molar-refractivity contribution in [3.63, 3.8) is 0 Å². The molecule has 1 N–H and O–H groups in total. The van der Waals surface area contributed by atoms with Crippen LogP contribution in [0.25, 0.3) is 5.65 Å². The number of anilines is 1. The lowest BCUT2D eigenvalue weighted by Crippen LogP contribution is -2.37. The molecule has 4 aromatic rings. The molecule has 1 unspecified atom stereocenters. The van der Waals surface area contributed by atoms with E-state index >= 15 is 0 Å². The Morgan fingerprint density at radius 3 is 2.87 bits per heavy atom. The van der Waals surface area contributed by atoms with E-state index in [4.69, 9.17) is 0 Å². The van der Waals surface area contributed by atoms with Gasteiger partial charge in [0.15, 0.2) is 5.65 Å². The van der Waals surface area contributed by atoms with Crippen LogP contribution in [-0.4, -0.2) is 38.1 Å². The van der Waals surface area contributed by atoms with Gasteiger partial charge in [0.2, 0.25) is 0 Å². The molecule has 7 nitrogen and oxygen atoms in total. The van der Waals surface area contributed by atoms with Crippen molar-refractivity contribution in [2.24, 2.45) is 0 Å². The number of carbonyl (C=O) groups is 1. The first-order chi connectivity index (χ1) is 15.1. The number of aromatic nitrogens is 4. The van der Waals surface area contributed by atoms with E-state index in [9.17, 15) is 9.18 Å². The zero-order valence-electron chi connectivity index (χ0n) is 16.9. The molecule has 1 saturated heterocycles. The minimum atomic E-state index is -0.285. The highest BCUT2D eigenvalue weighted by atomic mass is 19.1. The maximum Gasteiger partial charge on any atom is 0.270 e. The second-order valence-electron chi connectivity index (χ2n) is 7.77. The molecule has 5 rings (SSSR count). The molecule has 1 fully saturated rings. The molecule has 4 heterocycles. The summed E-state index contributed by atoms with van der Waals surface area (Å²) in [6, 6.07) is 13.7. The average molecular weight is 416 g/mol. The third-order valence-electron chi connectivity index (χ3n) is 5.55. The molecule has 1 aliphatic rings. The van der Waals surface area contributed by atoms with Crippen LogP contribution >= 0.6 is 0 Å². The number of nitrogens with zero attached hydrogens (tertiary/aromatic N) is 5. The van der Waals surface area contributed by atoms with Gasteiger partial charge < -0.3 is 10.2 Å². The van der Waals surface area contributed by atoms with E-state index in [0.717, 1.165) is 22.6 Å². The van der Waals surface area contributed by atoms with E-state index in [-0.39, 0.29) is 23.8 Å². The van der Waals surface area contributed by atoms with Crippen LogP contribution < -0.4 is 10.2 Å². The highest BCUT2D eigenvalue weighted by Crippen LogP contribution is 2.35. The molecular formula is C23H21FN6O. The van der Waals surface area contributed by atoms with Crippen LogP contribution in [0, 0.1) is 12.7 Å². The van der Waals surface area contributed by atoms with Crippen molar-refractivity contribution in [1.82, 2.24) is 24.9 Å². The Balaban J connectivity index is 1.45. The molecular weight excluding hydrogens is 395 g/mol. The quantitative estimate of drug-likeness (QED) is 0.552. The number of carbonyl (C=O) groups excluding carboxylic acids is 1. The van der Waals surface area contributed by atoms with Gasteiger partial charge in [0.25, 0.3) is 5.91 Å². The number of pyridine rings is 1. The van der Waals surface area contributed by atoms with Crippen LogP contribution in [0.4, 0.5) is 10.2 Å². The number of fused-ring (bicyclic) bond motifs is 1. The predicted molar refractivity (Wildman–Crippen MR) is 114 cm³/mol. The topological polar surface area (TPSA) is 75.4 Å². The third kappa shape index (κ3) is 3.84. The number of nitrogens with one attached hydrogen (secondary N) is 1. The summed E-state index contributed by atoms with van der Waals surface area (Å²) in [6.45, 7) is 2.47. The zero-order valence-corrected chi connectivity index (χ0v) is 16.9. The van der Waals surface area contributed by atoms with Crippen molar-refractivity contribution >= 4 is 17.4 Å². The molecule has 8 heteroatoms. The van der Waals surface area contributed by atoms with E-state index in [0.29, 0.717) is 18.7 Å². The minimum absolute atomic E-state index is 0.125. The molecule has 1 aromatic carbocycles. The Bertz CT molecular complexity index is 1260. The van der Waals surface area contributed by atoms with Crippen LogP contribution in [0.5, 0.6) is 0 Å². The lowest BCUT2D eigenvalue weighted by atomic mass is 10.0. The molecule has 0 bridgehead atoms. The van der Waals surface area contributed by atoms with Gasteiger partial charge in [0.1, 0.15) is 17.3 Å². The van der Waals surface area contributed by atoms with Gasteiger partial charge in [-0.15, -0.1) is 5.10 Å². The molecule has 1 aliphatic heterocycles. The second kappa shape index (κ2) is 7.79. The molecule has 0 aliphatic carbocycles. The van der Waals surface area contributed by atoms with Crippen molar-refractivity contribution in [3.8, 4) is 0 Å². The molecule has 3 aromatic heterocycles. The highest BCUT2D eigenvalue weighted by molar-refractivity contribution is 5.92. The van der Waals surface area contributed by atoms with E-state index in [1.807, 2.05) is 31.2 Å². The van der Waals surface area contributed by atoms with Crippen LogP contribution in [0.15, 0.2) is 67.1 Å². The van der Waals surface area contributed by atoms with Gasteiger partial charge in [0.05, 0.1) is 6.04 Å². The number of hydrogen-bond donors (Lipinski definition) is 1. The number of benzene rings is 1. The van der Waals surface area contributed by atoms with Crippen molar-refractivity contribution in [3.05, 3.63) is 89.8 Å². The van der Waals surface area contributed by atoms with Gasteiger partial charge in [-0.25, -0.2) is 13.9 Å². The molecule has 0 saturated carbocycles. The molecule has 0 radical (unpaired) electrons. The van der Waals surface area contributed by atoms with Gasteiger partial charge >= 0.3 is 0 Å². The van der Waals surface area contributed by atoms with Crippen LogP contribution in [0.1, 0.15) is 34.1 Å². The standard InChI is InChI=1S/C23H21FN6O/c1-15-7-8-25-19(11-15)23(31)27-18-13-20(16-3-2-4-17(24)12-16)29(14-18)22-6-5-21-26-9-10-30(21)28-22/h2-12,18,20H,13-14H2,1H3,(H,27,31)/t18?,20-/m1/s1. The van der Waals surface area contributed by atoms with E-state index in [1.54, 1.807) is 41.3 Å². The first-order valence-corrected chi connectivity index (χ1v) is 10.1. The number of aryl methyl sites for hydroxylation is 1. The van der Waals surface area contributed by atoms with Crippen molar-refractivity contribution in [2.45, 2.75) is 25.4 Å². The van der Waals surface area contributed by atoms with Crippen molar-refractivity contribution < 1.29 is 9.18 Å². The van der Waals surface area contributed by atoms with Crippen LogP contribution in [-0.2, 0) is 0 Å². The van der Waals surface area contributed by atoms with Crippen LogP contribution in [0.3, 0.4) is 0 Å². The molecule has 2 atom stereocenters. The monoisotopic (exact) mass is 416 g/mol. The van der Waals surface area contributed by atoms with Gasteiger partial charge in [-0.05, 0) is 60.9 Å². The minimum Gasteiger partial charge on any atom is -0.346 e. The SMILES string of the molecule is Cc1ccnc(C(=O)NC2C[C@H](c3cccc(F)c3)N(c3ccc4nccn4n3)C2)c1. The Hall–Kier alpha value is -3.81. The predicted octanol–water partition coefficient (Wildman–Crippen LogP) is 3.32. The molecule has 156 valence electrons. The lowest BCUT2D eigenvalue weighted by Gasteiger charge is -2.25. The van der Waals surface area contributed by atoms with E-state index in [2.05, 4.69) is 25.3 Å². The maximum atomic E-state index is 14.0. The number of halogens is 1. The highest BCUT2D eigenvalue weighted by Gasteiger charge is 2.35. The fourth-order valence-corrected chi connectivity index (χ4v) is 4.10. The summed E-state index contributed by atoms with van der Waals surface area (Å²) < 4.78 is 15.7. The summed E-state index contributed by atoms with van der Waals surface area (Å²) in [4.78, 5) is 23.3. The smallest absolute Gasteiger partial charge is 0.270 e. The lowest BCUT2D eigenvalue weighted by molar-refractivity contribution is 0.0934. The molecule has 31 heavy (non-hydrogen) atoms. The summed E-state index contributed by atoms with van der Waals surface area (Å²) in [5, 5.41) is 7.74. The summed E-state index contributed by atoms with van der Waals surface area (Å²) in [7, 11) is 0. The summed E-state index contributed by atoms with van der Waals surface area (Å²) in [5.41, 5.74) is 2.96. The van der Waals surface area contributed by atoms with Crippen LogP contribution in [0.2, 0.25) is 0 Å².